The van der Waals surface area contributed by atoms with Gasteiger partial charge in [0.25, 0.3) is 5.91 Å². The zero-order chi connectivity index (χ0) is 20.2. The molecule has 4 rings (SSSR count). The minimum Gasteiger partial charge on any atom is -0.353 e. The topological polar surface area (TPSA) is 67.2 Å². The fourth-order valence-corrected chi connectivity index (χ4v) is 4.47. The largest absolute Gasteiger partial charge is 0.353 e. The van der Waals surface area contributed by atoms with Gasteiger partial charge >= 0.3 is 0 Å². The van der Waals surface area contributed by atoms with Crippen molar-refractivity contribution >= 4 is 23.4 Å². The number of benzene rings is 1. The molecule has 0 bridgehead atoms. The average molecular weight is 415 g/mol. The summed E-state index contributed by atoms with van der Waals surface area (Å²) >= 11 is 6.04. The van der Waals surface area contributed by atoms with Gasteiger partial charge in [-0.05, 0) is 43.9 Å². The van der Waals surface area contributed by atoms with Crippen LogP contribution >= 0.6 is 11.6 Å². The molecule has 0 atom stereocenters. The summed E-state index contributed by atoms with van der Waals surface area (Å²) in [7, 11) is 0. The Hall–Kier alpha value is -2.34. The first-order chi connectivity index (χ1) is 14.1. The van der Waals surface area contributed by atoms with Gasteiger partial charge in [-0.15, -0.1) is 0 Å². The molecule has 2 aromatic rings. The van der Waals surface area contributed by atoms with Crippen LogP contribution in [0.1, 0.15) is 55.3 Å². The van der Waals surface area contributed by atoms with Gasteiger partial charge in [0.05, 0.1) is 17.4 Å². The number of amides is 2. The van der Waals surface area contributed by atoms with Crippen LogP contribution < -0.4 is 5.32 Å². The van der Waals surface area contributed by atoms with E-state index in [-0.39, 0.29) is 23.8 Å². The maximum atomic E-state index is 12.8. The van der Waals surface area contributed by atoms with Gasteiger partial charge in [-0.25, -0.2) is 4.68 Å². The molecule has 2 amide bonds. The predicted molar refractivity (Wildman–Crippen MR) is 112 cm³/mol. The Labute approximate surface area is 176 Å². The van der Waals surface area contributed by atoms with Crippen molar-refractivity contribution < 1.29 is 9.59 Å². The van der Waals surface area contributed by atoms with Gasteiger partial charge < -0.3 is 10.2 Å². The summed E-state index contributed by atoms with van der Waals surface area (Å²) in [6.07, 6.45) is 10.5. The van der Waals surface area contributed by atoms with E-state index in [0.717, 1.165) is 44.2 Å². The third-order valence-corrected chi connectivity index (χ3v) is 6.24. The molecule has 0 spiro atoms. The molecule has 1 aromatic heterocycles. The number of halogens is 1. The molecule has 2 aliphatic rings. The highest BCUT2D eigenvalue weighted by Crippen LogP contribution is 2.24. The number of hydrogen-bond donors (Lipinski definition) is 1. The molecular formula is C22H27ClN4O2. The van der Waals surface area contributed by atoms with E-state index in [1.54, 1.807) is 23.1 Å². The van der Waals surface area contributed by atoms with Crippen molar-refractivity contribution in [2.45, 2.75) is 51.0 Å². The van der Waals surface area contributed by atoms with E-state index in [1.807, 2.05) is 23.1 Å². The summed E-state index contributed by atoms with van der Waals surface area (Å²) in [5.74, 6) is 0.369. The third-order valence-electron chi connectivity index (χ3n) is 6.01. The molecule has 0 radical (unpaired) electrons. The summed E-state index contributed by atoms with van der Waals surface area (Å²) in [5.41, 5.74) is 1.38. The number of carbonyl (C=O) groups is 2. The first-order valence-corrected chi connectivity index (χ1v) is 10.9. The number of nitrogens with one attached hydrogen (secondary N) is 1. The summed E-state index contributed by atoms with van der Waals surface area (Å²) in [5, 5.41) is 8.14. The first kappa shape index (κ1) is 20.0. The minimum atomic E-state index is -0.0182. The fourth-order valence-electron chi connectivity index (χ4n) is 4.29. The van der Waals surface area contributed by atoms with Crippen LogP contribution in [0.25, 0.3) is 5.69 Å². The van der Waals surface area contributed by atoms with Crippen LogP contribution in [0, 0.1) is 5.92 Å². The Bertz CT molecular complexity index is 867. The molecule has 1 aliphatic carbocycles. The van der Waals surface area contributed by atoms with Gasteiger partial charge in [0.1, 0.15) is 0 Å². The van der Waals surface area contributed by atoms with Crippen LogP contribution in [-0.2, 0) is 4.79 Å². The highest BCUT2D eigenvalue weighted by molar-refractivity contribution is 6.30. The number of piperidine rings is 1. The summed E-state index contributed by atoms with van der Waals surface area (Å²) in [6, 6.07) is 7.53. The minimum absolute atomic E-state index is 0.0182. The second-order valence-corrected chi connectivity index (χ2v) is 8.50. The van der Waals surface area contributed by atoms with E-state index in [4.69, 9.17) is 11.6 Å². The molecule has 2 fully saturated rings. The van der Waals surface area contributed by atoms with Crippen molar-refractivity contribution in [2.24, 2.45) is 5.92 Å². The zero-order valence-corrected chi connectivity index (χ0v) is 17.3. The number of hydrogen-bond acceptors (Lipinski definition) is 3. The molecule has 1 saturated heterocycles. The average Bonchev–Trinajstić information content (AvgIpc) is 3.25. The van der Waals surface area contributed by atoms with E-state index in [0.29, 0.717) is 23.7 Å². The molecule has 29 heavy (non-hydrogen) atoms. The second kappa shape index (κ2) is 8.99. The van der Waals surface area contributed by atoms with Crippen LogP contribution in [0.4, 0.5) is 0 Å². The maximum Gasteiger partial charge on any atom is 0.257 e. The molecule has 1 N–H and O–H groups in total. The Morgan fingerprint density at radius 1 is 1.07 bits per heavy atom. The smallest absolute Gasteiger partial charge is 0.257 e. The van der Waals surface area contributed by atoms with Crippen LogP contribution in [-0.4, -0.2) is 45.6 Å². The van der Waals surface area contributed by atoms with Crippen LogP contribution in [0.5, 0.6) is 0 Å². The molecule has 154 valence electrons. The molecule has 1 aliphatic heterocycles. The number of carbonyl (C=O) groups excluding carboxylic acids is 2. The summed E-state index contributed by atoms with van der Waals surface area (Å²) < 4.78 is 1.66. The fraction of sp³-hybridized carbons (Fsp3) is 0.500. The summed E-state index contributed by atoms with van der Waals surface area (Å²) in [4.78, 5) is 27.1. The van der Waals surface area contributed by atoms with Gasteiger partial charge in [0.15, 0.2) is 0 Å². The van der Waals surface area contributed by atoms with Crippen molar-refractivity contribution in [2.75, 3.05) is 13.1 Å². The van der Waals surface area contributed by atoms with Gasteiger partial charge in [-0.3, -0.25) is 9.59 Å². The van der Waals surface area contributed by atoms with Crippen molar-refractivity contribution in [3.8, 4) is 5.69 Å². The van der Waals surface area contributed by atoms with E-state index in [9.17, 15) is 9.59 Å². The normalized spacial score (nSPS) is 18.6. The SMILES string of the molecule is O=C(NC1CCN(C(=O)c2cnn(-c3cccc(Cl)c3)c2)CC1)C1CCCCC1. The van der Waals surface area contributed by atoms with Crippen molar-refractivity contribution in [1.82, 2.24) is 20.0 Å². The molecule has 2 heterocycles. The van der Waals surface area contributed by atoms with Crippen LogP contribution in [0.15, 0.2) is 36.7 Å². The van der Waals surface area contributed by atoms with Crippen molar-refractivity contribution in [1.29, 1.82) is 0 Å². The molecule has 7 heteroatoms. The van der Waals surface area contributed by atoms with E-state index in [2.05, 4.69) is 10.4 Å². The van der Waals surface area contributed by atoms with E-state index < -0.39 is 0 Å². The van der Waals surface area contributed by atoms with Crippen molar-refractivity contribution in [3.63, 3.8) is 0 Å². The highest BCUT2D eigenvalue weighted by atomic mass is 35.5. The Balaban J connectivity index is 1.30. The molecule has 1 aromatic carbocycles. The molecule has 1 saturated carbocycles. The zero-order valence-electron chi connectivity index (χ0n) is 16.5. The van der Waals surface area contributed by atoms with Gasteiger partial charge in [0, 0.05) is 36.3 Å². The lowest BCUT2D eigenvalue weighted by Gasteiger charge is -2.33. The Morgan fingerprint density at radius 2 is 1.83 bits per heavy atom. The quantitative estimate of drug-likeness (QED) is 0.826. The summed E-state index contributed by atoms with van der Waals surface area (Å²) in [6.45, 7) is 1.30. The standard InChI is InChI=1S/C22H27ClN4O2/c23-18-7-4-8-20(13-18)27-15-17(14-24-27)22(29)26-11-9-19(10-12-26)25-21(28)16-5-2-1-3-6-16/h4,7-8,13-16,19H,1-3,5-6,9-12H2,(H,25,28). The second-order valence-electron chi connectivity index (χ2n) is 8.06. The van der Waals surface area contributed by atoms with Crippen LogP contribution in [0.3, 0.4) is 0 Å². The third kappa shape index (κ3) is 4.81. The lowest BCUT2D eigenvalue weighted by atomic mass is 9.88. The lowest BCUT2D eigenvalue weighted by molar-refractivity contribution is -0.126. The van der Waals surface area contributed by atoms with Gasteiger partial charge in [0.2, 0.25) is 5.91 Å². The predicted octanol–water partition coefficient (Wildman–Crippen LogP) is 3.83. The monoisotopic (exact) mass is 414 g/mol. The Morgan fingerprint density at radius 3 is 2.55 bits per heavy atom. The maximum absolute atomic E-state index is 12.8. The molecule has 0 unspecified atom stereocenters. The first-order valence-electron chi connectivity index (χ1n) is 10.5. The number of rotatable bonds is 4. The number of likely N-dealkylation sites (tertiary alicyclic amines) is 1. The highest BCUT2D eigenvalue weighted by Gasteiger charge is 2.28. The van der Waals surface area contributed by atoms with Gasteiger partial charge in [-0.1, -0.05) is 36.9 Å². The number of nitrogens with zero attached hydrogens (tertiary/aromatic N) is 3. The van der Waals surface area contributed by atoms with Crippen molar-refractivity contribution in [3.05, 3.63) is 47.2 Å². The Kier molecular flexibility index (Phi) is 6.19. The van der Waals surface area contributed by atoms with Crippen LogP contribution in [0.2, 0.25) is 5.02 Å². The van der Waals surface area contributed by atoms with Gasteiger partial charge in [-0.2, -0.15) is 5.10 Å². The lowest BCUT2D eigenvalue weighted by Crippen LogP contribution is -2.48. The molecular weight excluding hydrogens is 388 g/mol. The molecule has 6 nitrogen and oxygen atoms in total. The van der Waals surface area contributed by atoms with E-state index in [1.165, 1.54) is 6.42 Å². The number of aromatic nitrogens is 2. The van der Waals surface area contributed by atoms with E-state index >= 15 is 0 Å².